The summed E-state index contributed by atoms with van der Waals surface area (Å²) in [5, 5.41) is 0. The van der Waals surface area contributed by atoms with Crippen molar-refractivity contribution in [1.82, 2.24) is 0 Å². The first kappa shape index (κ1) is 20.6. The molecule has 0 spiro atoms. The molecule has 0 N–H and O–H groups in total. The number of anilines is 1. The van der Waals surface area contributed by atoms with Crippen molar-refractivity contribution in [2.24, 2.45) is 11.8 Å². The molecule has 5 nitrogen and oxygen atoms in total. The Morgan fingerprint density at radius 2 is 1.59 bits per heavy atom. The van der Waals surface area contributed by atoms with E-state index in [2.05, 4.69) is 11.5 Å². The Morgan fingerprint density at radius 3 is 2.14 bits per heavy atom. The molecule has 0 bridgehead atoms. The number of hydrogen-bond donors (Lipinski definition) is 0. The number of hydrogen-bond acceptors (Lipinski definition) is 5. The normalized spacial score (nSPS) is 12.4. The van der Waals surface area contributed by atoms with Gasteiger partial charge < -0.3 is 14.4 Å². The number of para-hydroxylation sites is 1. The second kappa shape index (κ2) is 8.11. The molecule has 2 aromatic carbocycles. The van der Waals surface area contributed by atoms with Crippen molar-refractivity contribution in [3.63, 3.8) is 0 Å². The summed E-state index contributed by atoms with van der Waals surface area (Å²) in [6.45, 7) is 11.6. The van der Waals surface area contributed by atoms with E-state index < -0.39 is 0 Å². The highest BCUT2D eigenvalue weighted by Gasteiger charge is 2.26. The van der Waals surface area contributed by atoms with Crippen LogP contribution in [0.3, 0.4) is 0 Å². The first-order valence-corrected chi connectivity index (χ1v) is 9.80. The minimum atomic E-state index is -0.375. The molecule has 0 aliphatic carbocycles. The molecule has 0 atom stereocenters. The van der Waals surface area contributed by atoms with E-state index in [4.69, 9.17) is 9.47 Å². The van der Waals surface area contributed by atoms with Crippen molar-refractivity contribution in [3.8, 4) is 22.6 Å². The zero-order valence-electron chi connectivity index (χ0n) is 17.6. The predicted octanol–water partition coefficient (Wildman–Crippen LogP) is 5.07. The summed E-state index contributed by atoms with van der Waals surface area (Å²) in [6.07, 6.45) is 1.83. The third-order valence-electron chi connectivity index (χ3n) is 4.90. The molecule has 1 aliphatic rings. The molecule has 0 fully saturated rings. The van der Waals surface area contributed by atoms with Gasteiger partial charge in [0.05, 0.1) is 17.5 Å². The molecule has 2 aromatic rings. The van der Waals surface area contributed by atoms with Crippen molar-refractivity contribution < 1.29 is 19.1 Å². The molecule has 5 heteroatoms. The van der Waals surface area contributed by atoms with Gasteiger partial charge in [-0.05, 0) is 28.8 Å². The molecule has 0 unspecified atom stereocenters. The van der Waals surface area contributed by atoms with Crippen LogP contribution in [0.1, 0.15) is 38.8 Å². The Morgan fingerprint density at radius 1 is 1.00 bits per heavy atom. The van der Waals surface area contributed by atoms with Crippen LogP contribution in [0.15, 0.2) is 36.9 Å². The number of benzene rings is 2. The zero-order chi connectivity index (χ0) is 21.3. The number of fused-ring (bicyclic) bond motifs is 3. The van der Waals surface area contributed by atoms with E-state index in [9.17, 15) is 9.59 Å². The van der Waals surface area contributed by atoms with Crippen molar-refractivity contribution in [2.45, 2.75) is 34.2 Å². The second-order valence-corrected chi connectivity index (χ2v) is 7.91. The fraction of sp³-hybridized carbons (Fsp3) is 0.333. The number of ether oxygens (including phenoxy) is 2. The average Bonchev–Trinajstić information content (AvgIpc) is 2.68. The largest absolute Gasteiger partial charge is 0.422 e. The first-order chi connectivity index (χ1) is 13.7. The quantitative estimate of drug-likeness (QED) is 0.524. The average molecular weight is 393 g/mol. The Balaban J connectivity index is 2.16. The lowest BCUT2D eigenvalue weighted by molar-refractivity contribution is -0.140. The summed E-state index contributed by atoms with van der Waals surface area (Å²) in [5.74, 6) is -0.807. The maximum absolute atomic E-state index is 12.3. The summed E-state index contributed by atoms with van der Waals surface area (Å²) < 4.78 is 11.2. The van der Waals surface area contributed by atoms with Gasteiger partial charge in [0.1, 0.15) is 0 Å². The molecule has 0 saturated carbocycles. The van der Waals surface area contributed by atoms with Gasteiger partial charge in [-0.1, -0.05) is 58.5 Å². The van der Waals surface area contributed by atoms with Crippen molar-refractivity contribution >= 4 is 23.7 Å². The fourth-order valence-corrected chi connectivity index (χ4v) is 3.30. The van der Waals surface area contributed by atoms with Gasteiger partial charge in [-0.15, -0.1) is 0 Å². The molecule has 0 aromatic heterocycles. The van der Waals surface area contributed by atoms with E-state index in [0.717, 1.165) is 27.9 Å². The van der Waals surface area contributed by atoms with E-state index in [-0.39, 0.29) is 35.3 Å². The number of nitrogens with zero attached hydrogens (tertiary/aromatic N) is 1. The summed E-state index contributed by atoms with van der Waals surface area (Å²) >= 11 is 0. The molecule has 0 saturated heterocycles. The molecule has 1 heterocycles. The summed E-state index contributed by atoms with van der Waals surface area (Å²) in [7, 11) is 2.02. The Kier molecular flexibility index (Phi) is 5.78. The summed E-state index contributed by atoms with van der Waals surface area (Å²) in [6, 6.07) is 9.64. The van der Waals surface area contributed by atoms with Crippen LogP contribution in [-0.2, 0) is 16.1 Å². The van der Waals surface area contributed by atoms with Gasteiger partial charge in [-0.2, -0.15) is 0 Å². The fourth-order valence-electron chi connectivity index (χ4n) is 3.30. The third kappa shape index (κ3) is 4.04. The standard InChI is InChI=1S/C24H27NO4/c1-7-16-9-8-10-18-19-12-21(29-24(27)15(4)5)20(28-23(26)14(2)3)11-17(19)13-25(6)22(16)18/h7-12,14-15H,1,13H2,2-6H3. The first-order valence-electron chi connectivity index (χ1n) is 9.80. The highest BCUT2D eigenvalue weighted by Crippen LogP contribution is 2.45. The van der Waals surface area contributed by atoms with Crippen molar-refractivity contribution in [2.75, 3.05) is 11.9 Å². The molecule has 0 amide bonds. The van der Waals surface area contributed by atoms with E-state index in [1.165, 1.54) is 0 Å². The van der Waals surface area contributed by atoms with Crippen LogP contribution in [0, 0.1) is 11.8 Å². The van der Waals surface area contributed by atoms with E-state index in [0.29, 0.717) is 6.54 Å². The van der Waals surface area contributed by atoms with Crippen LogP contribution >= 0.6 is 0 Å². The van der Waals surface area contributed by atoms with Gasteiger partial charge in [-0.3, -0.25) is 9.59 Å². The summed E-state index contributed by atoms with van der Waals surface area (Å²) in [4.78, 5) is 26.6. The van der Waals surface area contributed by atoms with Crippen LogP contribution in [0.4, 0.5) is 5.69 Å². The zero-order valence-corrected chi connectivity index (χ0v) is 17.6. The molecule has 3 rings (SSSR count). The molecule has 152 valence electrons. The Bertz CT molecular complexity index is 975. The Hall–Kier alpha value is -3.08. The van der Waals surface area contributed by atoms with Gasteiger partial charge in [-0.25, -0.2) is 0 Å². The number of carbonyl (C=O) groups excluding carboxylic acids is 2. The monoisotopic (exact) mass is 393 g/mol. The van der Waals surface area contributed by atoms with Crippen LogP contribution in [0.25, 0.3) is 17.2 Å². The van der Waals surface area contributed by atoms with Gasteiger partial charge in [0.15, 0.2) is 11.5 Å². The SMILES string of the molecule is C=Cc1cccc2c1N(C)Cc1cc(OC(=O)C(C)C)c(OC(=O)C(C)C)cc1-2. The van der Waals surface area contributed by atoms with Crippen LogP contribution in [0.2, 0.25) is 0 Å². The van der Waals surface area contributed by atoms with E-state index >= 15 is 0 Å². The van der Waals surface area contributed by atoms with Crippen molar-refractivity contribution in [3.05, 3.63) is 48.0 Å². The highest BCUT2D eigenvalue weighted by atomic mass is 16.6. The molecule has 1 aliphatic heterocycles. The number of esters is 2. The molecule has 29 heavy (non-hydrogen) atoms. The minimum absolute atomic E-state index is 0.260. The minimum Gasteiger partial charge on any atom is -0.422 e. The predicted molar refractivity (Wildman–Crippen MR) is 115 cm³/mol. The van der Waals surface area contributed by atoms with E-state index in [1.54, 1.807) is 39.8 Å². The lowest BCUT2D eigenvalue weighted by atomic mass is 9.91. The summed E-state index contributed by atoms with van der Waals surface area (Å²) in [5.41, 5.74) is 5.08. The third-order valence-corrected chi connectivity index (χ3v) is 4.90. The second-order valence-electron chi connectivity index (χ2n) is 7.91. The topological polar surface area (TPSA) is 55.8 Å². The smallest absolute Gasteiger partial charge is 0.313 e. The molecular formula is C24H27NO4. The van der Waals surface area contributed by atoms with Gasteiger partial charge >= 0.3 is 11.9 Å². The van der Waals surface area contributed by atoms with Crippen molar-refractivity contribution in [1.29, 1.82) is 0 Å². The van der Waals surface area contributed by atoms with E-state index in [1.807, 2.05) is 31.3 Å². The Labute approximate surface area is 171 Å². The number of carbonyl (C=O) groups is 2. The molecule has 0 radical (unpaired) electrons. The lowest BCUT2D eigenvalue weighted by Crippen LogP contribution is -2.23. The lowest BCUT2D eigenvalue weighted by Gasteiger charge is -2.32. The van der Waals surface area contributed by atoms with Crippen LogP contribution in [-0.4, -0.2) is 19.0 Å². The molecular weight excluding hydrogens is 366 g/mol. The van der Waals surface area contributed by atoms with Gasteiger partial charge in [0, 0.05) is 19.2 Å². The van der Waals surface area contributed by atoms with Crippen LogP contribution in [0.5, 0.6) is 11.5 Å². The highest BCUT2D eigenvalue weighted by molar-refractivity contribution is 5.90. The maximum atomic E-state index is 12.3. The van der Waals surface area contributed by atoms with Gasteiger partial charge in [0.2, 0.25) is 0 Å². The number of rotatable bonds is 5. The van der Waals surface area contributed by atoms with Crippen LogP contribution < -0.4 is 14.4 Å². The van der Waals surface area contributed by atoms with Gasteiger partial charge in [0.25, 0.3) is 0 Å². The maximum Gasteiger partial charge on any atom is 0.313 e.